The Balaban J connectivity index is 2.22. The molecule has 0 aliphatic rings. The Morgan fingerprint density at radius 1 is 1.39 bits per heavy atom. The van der Waals surface area contributed by atoms with E-state index in [1.54, 1.807) is 36.1 Å². The lowest BCUT2D eigenvalue weighted by molar-refractivity contribution is -0.143. The number of ether oxygens (including phenoxy) is 1. The first kappa shape index (κ1) is 12.3. The van der Waals surface area contributed by atoms with Gasteiger partial charge in [0.15, 0.2) is 0 Å². The molecule has 0 bridgehead atoms. The van der Waals surface area contributed by atoms with Gasteiger partial charge in [-0.25, -0.2) is 9.37 Å². The van der Waals surface area contributed by atoms with Gasteiger partial charge in [-0.15, -0.1) is 0 Å². The topological polar surface area (TPSA) is 44.1 Å². The van der Waals surface area contributed by atoms with E-state index in [-0.39, 0.29) is 18.3 Å². The van der Waals surface area contributed by atoms with Crippen LogP contribution >= 0.6 is 0 Å². The van der Waals surface area contributed by atoms with Crippen LogP contribution in [0, 0.1) is 5.82 Å². The third-order valence-corrected chi connectivity index (χ3v) is 2.46. The zero-order valence-electron chi connectivity index (χ0n) is 9.97. The summed E-state index contributed by atoms with van der Waals surface area (Å²) in [6, 6.07) is 6.04. The Labute approximate surface area is 104 Å². The van der Waals surface area contributed by atoms with E-state index in [4.69, 9.17) is 4.74 Å². The predicted molar refractivity (Wildman–Crippen MR) is 64.3 cm³/mol. The molecule has 1 aromatic carbocycles. The molecule has 0 aliphatic heterocycles. The second kappa shape index (κ2) is 5.44. The third kappa shape index (κ3) is 2.74. The van der Waals surface area contributed by atoms with Crippen molar-refractivity contribution in [1.82, 2.24) is 9.55 Å². The number of carbonyl (C=O) groups is 1. The largest absolute Gasteiger partial charge is 0.465 e. The van der Waals surface area contributed by atoms with Crippen LogP contribution in [-0.4, -0.2) is 22.1 Å². The molecule has 4 nitrogen and oxygen atoms in total. The third-order valence-electron chi connectivity index (χ3n) is 2.46. The number of carbonyl (C=O) groups excluding carboxylic acids is 1. The van der Waals surface area contributed by atoms with Crippen molar-refractivity contribution in [2.24, 2.45) is 0 Å². The number of aromatic nitrogens is 2. The lowest BCUT2D eigenvalue weighted by Gasteiger charge is -2.07. The van der Waals surface area contributed by atoms with Crippen molar-refractivity contribution < 1.29 is 13.9 Å². The molecule has 5 heteroatoms. The van der Waals surface area contributed by atoms with Crippen LogP contribution in [0.4, 0.5) is 4.39 Å². The number of hydrogen-bond donors (Lipinski definition) is 0. The monoisotopic (exact) mass is 248 g/mol. The molecule has 0 N–H and O–H groups in total. The van der Waals surface area contributed by atoms with E-state index in [0.29, 0.717) is 6.61 Å². The normalized spacial score (nSPS) is 10.3. The van der Waals surface area contributed by atoms with Crippen LogP contribution in [-0.2, 0) is 16.1 Å². The summed E-state index contributed by atoms with van der Waals surface area (Å²) in [5.41, 5.74) is 1.56. The fraction of sp³-hybridized carbons (Fsp3) is 0.231. The smallest absolute Gasteiger partial charge is 0.325 e. The van der Waals surface area contributed by atoms with E-state index in [1.165, 1.54) is 12.1 Å². The van der Waals surface area contributed by atoms with Crippen LogP contribution in [0.1, 0.15) is 6.92 Å². The van der Waals surface area contributed by atoms with Crippen molar-refractivity contribution in [3.05, 3.63) is 42.6 Å². The maximum atomic E-state index is 12.8. The summed E-state index contributed by atoms with van der Waals surface area (Å²) >= 11 is 0. The first-order valence-corrected chi connectivity index (χ1v) is 5.62. The number of halogens is 1. The number of hydrogen-bond acceptors (Lipinski definition) is 3. The highest BCUT2D eigenvalue weighted by molar-refractivity contribution is 5.70. The lowest BCUT2D eigenvalue weighted by Crippen LogP contribution is -2.13. The summed E-state index contributed by atoms with van der Waals surface area (Å²) in [5.74, 6) is -0.617. The average Bonchev–Trinajstić information content (AvgIpc) is 2.78. The Morgan fingerprint density at radius 3 is 2.78 bits per heavy atom. The van der Waals surface area contributed by atoms with Gasteiger partial charge < -0.3 is 9.30 Å². The van der Waals surface area contributed by atoms with E-state index in [2.05, 4.69) is 4.98 Å². The Hall–Kier alpha value is -2.17. The minimum atomic E-state index is -0.320. The fourth-order valence-corrected chi connectivity index (χ4v) is 1.65. The van der Waals surface area contributed by atoms with Crippen molar-refractivity contribution >= 4 is 5.97 Å². The van der Waals surface area contributed by atoms with Gasteiger partial charge in [-0.05, 0) is 36.8 Å². The zero-order chi connectivity index (χ0) is 13.0. The van der Waals surface area contributed by atoms with Gasteiger partial charge in [0.1, 0.15) is 12.4 Å². The number of nitrogens with zero attached hydrogens (tertiary/aromatic N) is 2. The van der Waals surface area contributed by atoms with Crippen molar-refractivity contribution in [3.63, 3.8) is 0 Å². The summed E-state index contributed by atoms with van der Waals surface area (Å²) < 4.78 is 19.4. The molecule has 0 fully saturated rings. The molecule has 94 valence electrons. The zero-order valence-corrected chi connectivity index (χ0v) is 9.97. The highest BCUT2D eigenvalue weighted by Gasteiger charge is 2.09. The van der Waals surface area contributed by atoms with Gasteiger partial charge in [0, 0.05) is 0 Å². The molecule has 0 spiro atoms. The quantitative estimate of drug-likeness (QED) is 0.779. The molecule has 0 amide bonds. The molecule has 18 heavy (non-hydrogen) atoms. The number of benzene rings is 1. The first-order valence-electron chi connectivity index (χ1n) is 5.62. The van der Waals surface area contributed by atoms with E-state index in [9.17, 15) is 9.18 Å². The molecule has 0 saturated heterocycles. The molecule has 1 heterocycles. The van der Waals surface area contributed by atoms with E-state index < -0.39 is 0 Å². The van der Waals surface area contributed by atoms with Crippen molar-refractivity contribution in [3.8, 4) is 11.3 Å². The van der Waals surface area contributed by atoms with E-state index in [0.717, 1.165) is 11.3 Å². The molecule has 0 saturated carbocycles. The van der Waals surface area contributed by atoms with E-state index >= 15 is 0 Å². The van der Waals surface area contributed by atoms with Gasteiger partial charge in [-0.1, -0.05) is 0 Å². The molecule has 0 aliphatic carbocycles. The highest BCUT2D eigenvalue weighted by atomic mass is 19.1. The van der Waals surface area contributed by atoms with Gasteiger partial charge in [0.2, 0.25) is 0 Å². The highest BCUT2D eigenvalue weighted by Crippen LogP contribution is 2.19. The maximum absolute atomic E-state index is 12.8. The lowest BCUT2D eigenvalue weighted by atomic mass is 10.1. The van der Waals surface area contributed by atoms with Gasteiger partial charge >= 0.3 is 5.97 Å². The second-order valence-corrected chi connectivity index (χ2v) is 3.72. The maximum Gasteiger partial charge on any atom is 0.325 e. The standard InChI is InChI=1S/C13H13FN2O2/c1-2-18-13(17)8-16-9-15-7-12(16)10-3-5-11(14)6-4-10/h3-7,9H,2,8H2,1H3. The Bertz CT molecular complexity index is 534. The van der Waals surface area contributed by atoms with Gasteiger partial charge in [0.25, 0.3) is 0 Å². The van der Waals surface area contributed by atoms with Crippen molar-refractivity contribution in [2.75, 3.05) is 6.61 Å². The van der Waals surface area contributed by atoms with Crippen molar-refractivity contribution in [2.45, 2.75) is 13.5 Å². The molecule has 0 unspecified atom stereocenters. The van der Waals surface area contributed by atoms with Gasteiger partial charge in [-0.2, -0.15) is 0 Å². The minimum absolute atomic E-state index is 0.0978. The van der Waals surface area contributed by atoms with Crippen LogP contribution in [0.25, 0.3) is 11.3 Å². The fourth-order valence-electron chi connectivity index (χ4n) is 1.65. The SMILES string of the molecule is CCOC(=O)Cn1cncc1-c1ccc(F)cc1. The van der Waals surface area contributed by atoms with Crippen LogP contribution in [0.3, 0.4) is 0 Å². The van der Waals surface area contributed by atoms with Crippen LogP contribution in [0.5, 0.6) is 0 Å². The summed E-state index contributed by atoms with van der Waals surface area (Å²) in [4.78, 5) is 15.4. The predicted octanol–water partition coefficient (Wildman–Crippen LogP) is 2.25. The summed E-state index contributed by atoms with van der Waals surface area (Å²) in [7, 11) is 0. The molecule has 1 aromatic heterocycles. The average molecular weight is 248 g/mol. The van der Waals surface area contributed by atoms with Crippen molar-refractivity contribution in [1.29, 1.82) is 0 Å². The Morgan fingerprint density at radius 2 is 2.11 bits per heavy atom. The molecule has 2 aromatic rings. The van der Waals surface area contributed by atoms with Crippen LogP contribution in [0.15, 0.2) is 36.8 Å². The number of rotatable bonds is 4. The second-order valence-electron chi connectivity index (χ2n) is 3.72. The van der Waals surface area contributed by atoms with Crippen LogP contribution < -0.4 is 0 Å². The Kier molecular flexibility index (Phi) is 3.72. The minimum Gasteiger partial charge on any atom is -0.465 e. The first-order chi connectivity index (χ1) is 8.70. The summed E-state index contributed by atoms with van der Waals surface area (Å²) in [6.07, 6.45) is 3.18. The van der Waals surface area contributed by atoms with E-state index in [1.807, 2.05) is 0 Å². The van der Waals surface area contributed by atoms with Gasteiger partial charge in [-0.3, -0.25) is 4.79 Å². The van der Waals surface area contributed by atoms with Gasteiger partial charge in [0.05, 0.1) is 24.8 Å². The molecular weight excluding hydrogens is 235 g/mol. The molecule has 0 radical (unpaired) electrons. The molecule has 2 rings (SSSR count). The summed E-state index contributed by atoms with van der Waals surface area (Å²) in [5, 5.41) is 0. The summed E-state index contributed by atoms with van der Waals surface area (Å²) in [6.45, 7) is 2.20. The number of imidazole rings is 1. The number of esters is 1. The van der Waals surface area contributed by atoms with Crippen LogP contribution in [0.2, 0.25) is 0 Å². The molecule has 0 atom stereocenters. The molecular formula is C13H13FN2O2.